The predicted molar refractivity (Wildman–Crippen MR) is 85.0 cm³/mol. The second-order valence-electron chi connectivity index (χ2n) is 5.79. The summed E-state index contributed by atoms with van der Waals surface area (Å²) in [6.07, 6.45) is 0.845. The van der Waals surface area contributed by atoms with Crippen molar-refractivity contribution in [3.05, 3.63) is 29.8 Å². The molecule has 1 saturated heterocycles. The Labute approximate surface area is 136 Å². The lowest BCUT2D eigenvalue weighted by Crippen LogP contribution is -2.38. The molecule has 126 valence electrons. The number of carboxylic acids is 1. The van der Waals surface area contributed by atoms with Crippen molar-refractivity contribution in [1.29, 1.82) is 0 Å². The van der Waals surface area contributed by atoms with E-state index in [-0.39, 0.29) is 16.2 Å². The largest absolute Gasteiger partial charge is 0.481 e. The van der Waals surface area contributed by atoms with Gasteiger partial charge in [0.15, 0.2) is 9.84 Å². The first kappa shape index (κ1) is 17.5. The van der Waals surface area contributed by atoms with Gasteiger partial charge in [-0.3, -0.25) is 9.59 Å². The fraction of sp³-hybridized carbons (Fsp3) is 0.500. The molecule has 1 amide bonds. The highest BCUT2D eigenvalue weighted by Crippen LogP contribution is 2.28. The summed E-state index contributed by atoms with van der Waals surface area (Å²) < 4.78 is 24.7. The second-order valence-corrected chi connectivity index (χ2v) is 7.87. The molecule has 1 aliphatic rings. The fourth-order valence-corrected chi connectivity index (χ4v) is 4.54. The number of aliphatic carboxylic acids is 1. The van der Waals surface area contributed by atoms with Crippen LogP contribution in [0.15, 0.2) is 29.2 Å². The zero-order valence-corrected chi connectivity index (χ0v) is 14.0. The van der Waals surface area contributed by atoms with Gasteiger partial charge in [-0.2, -0.15) is 0 Å². The number of nitrogens with zero attached hydrogens (tertiary/aromatic N) is 1. The third kappa shape index (κ3) is 3.39. The first-order valence-corrected chi connectivity index (χ1v) is 9.30. The molecule has 0 bridgehead atoms. The van der Waals surface area contributed by atoms with Gasteiger partial charge < -0.3 is 10.0 Å². The lowest BCUT2D eigenvalue weighted by molar-refractivity contribution is -0.142. The normalized spacial score (nSPS) is 21.4. The minimum atomic E-state index is -3.53. The maximum Gasteiger partial charge on any atom is 0.308 e. The highest BCUT2D eigenvalue weighted by Gasteiger charge is 2.39. The Morgan fingerprint density at radius 1 is 1.30 bits per heavy atom. The maximum atomic E-state index is 12.8. The van der Waals surface area contributed by atoms with Gasteiger partial charge in [0, 0.05) is 12.6 Å². The van der Waals surface area contributed by atoms with Gasteiger partial charge in [-0.15, -0.1) is 0 Å². The molecule has 2 atom stereocenters. The average Bonchev–Trinajstić information content (AvgIpc) is 2.88. The van der Waals surface area contributed by atoms with E-state index in [2.05, 4.69) is 0 Å². The van der Waals surface area contributed by atoms with Crippen LogP contribution in [0.4, 0.5) is 0 Å². The predicted octanol–water partition coefficient (Wildman–Crippen LogP) is 1.81. The summed E-state index contributed by atoms with van der Waals surface area (Å²) >= 11 is 0. The van der Waals surface area contributed by atoms with Crippen LogP contribution in [-0.4, -0.2) is 48.6 Å². The van der Waals surface area contributed by atoms with Crippen LogP contribution >= 0.6 is 0 Å². The van der Waals surface area contributed by atoms with E-state index in [1.165, 1.54) is 17.0 Å². The van der Waals surface area contributed by atoms with Gasteiger partial charge in [-0.05, 0) is 31.9 Å². The number of sulfone groups is 1. The molecule has 1 aliphatic heterocycles. The summed E-state index contributed by atoms with van der Waals surface area (Å²) in [5, 5.41) is 9.17. The Morgan fingerprint density at radius 3 is 2.52 bits per heavy atom. The molecule has 1 fully saturated rings. The van der Waals surface area contributed by atoms with Crippen molar-refractivity contribution in [1.82, 2.24) is 4.90 Å². The molecule has 6 nitrogen and oxygen atoms in total. The molecule has 2 rings (SSSR count). The van der Waals surface area contributed by atoms with E-state index < -0.39 is 33.7 Å². The summed E-state index contributed by atoms with van der Waals surface area (Å²) in [7, 11) is -3.53. The van der Waals surface area contributed by atoms with Crippen molar-refractivity contribution in [2.45, 2.75) is 37.6 Å². The van der Waals surface area contributed by atoms with Gasteiger partial charge >= 0.3 is 5.97 Å². The number of amides is 1. The number of hydrogen-bond donors (Lipinski definition) is 1. The topological polar surface area (TPSA) is 91.8 Å². The highest BCUT2D eigenvalue weighted by molar-refractivity contribution is 7.91. The van der Waals surface area contributed by atoms with Crippen molar-refractivity contribution in [3.8, 4) is 0 Å². The van der Waals surface area contributed by atoms with Crippen LogP contribution in [0, 0.1) is 5.92 Å². The number of likely N-dealkylation sites (tertiary alicyclic amines) is 1. The van der Waals surface area contributed by atoms with E-state index in [1.807, 2.05) is 0 Å². The summed E-state index contributed by atoms with van der Waals surface area (Å²) in [5.74, 6) is -1.99. The number of rotatable bonds is 5. The second kappa shape index (κ2) is 6.70. The van der Waals surface area contributed by atoms with Gasteiger partial charge in [0.25, 0.3) is 5.91 Å². The van der Waals surface area contributed by atoms with E-state index in [0.717, 1.165) is 0 Å². The molecule has 0 aliphatic carbocycles. The molecule has 1 heterocycles. The fourth-order valence-electron chi connectivity index (χ4n) is 3.00. The Kier molecular flexibility index (Phi) is 5.09. The molecule has 1 aromatic rings. The molecule has 0 saturated carbocycles. The average molecular weight is 339 g/mol. The standard InChI is InChI=1S/C16H21NO5S/c1-3-10-23(21,22)14-7-5-4-6-13(14)15(18)17-9-8-12(11(17)2)16(19)20/h4-7,11-12H,3,8-10H2,1-2H3,(H,19,20). The summed E-state index contributed by atoms with van der Waals surface area (Å²) in [4.78, 5) is 25.4. The van der Waals surface area contributed by atoms with Crippen molar-refractivity contribution in [2.75, 3.05) is 12.3 Å². The van der Waals surface area contributed by atoms with E-state index in [9.17, 15) is 23.1 Å². The summed E-state index contributed by atoms with van der Waals surface area (Å²) in [5.41, 5.74) is 0.124. The smallest absolute Gasteiger partial charge is 0.308 e. The van der Waals surface area contributed by atoms with Gasteiger partial charge in [0.2, 0.25) is 0 Å². The van der Waals surface area contributed by atoms with Gasteiger partial charge in [0.05, 0.1) is 22.1 Å². The number of benzene rings is 1. The van der Waals surface area contributed by atoms with Crippen LogP contribution in [0.25, 0.3) is 0 Å². The number of carbonyl (C=O) groups is 2. The summed E-state index contributed by atoms with van der Waals surface area (Å²) in [6.45, 7) is 3.77. The monoisotopic (exact) mass is 339 g/mol. The molecule has 1 aromatic carbocycles. The molecule has 2 unspecified atom stereocenters. The third-order valence-corrected chi connectivity index (χ3v) is 6.23. The molecule has 0 aromatic heterocycles. The van der Waals surface area contributed by atoms with E-state index >= 15 is 0 Å². The minimum absolute atomic E-state index is 0.0232. The van der Waals surface area contributed by atoms with Crippen LogP contribution in [-0.2, 0) is 14.6 Å². The molecular formula is C16H21NO5S. The Morgan fingerprint density at radius 2 is 1.96 bits per heavy atom. The van der Waals surface area contributed by atoms with Crippen LogP contribution < -0.4 is 0 Å². The van der Waals surface area contributed by atoms with Gasteiger partial charge in [-0.25, -0.2) is 8.42 Å². The lowest BCUT2D eigenvalue weighted by Gasteiger charge is -2.24. The van der Waals surface area contributed by atoms with Crippen LogP contribution in [0.3, 0.4) is 0 Å². The minimum Gasteiger partial charge on any atom is -0.481 e. The maximum absolute atomic E-state index is 12.8. The van der Waals surface area contributed by atoms with Crippen molar-refractivity contribution in [3.63, 3.8) is 0 Å². The third-order valence-electron chi connectivity index (χ3n) is 4.26. The van der Waals surface area contributed by atoms with Crippen molar-refractivity contribution < 1.29 is 23.1 Å². The van der Waals surface area contributed by atoms with Crippen molar-refractivity contribution in [2.24, 2.45) is 5.92 Å². The zero-order valence-electron chi connectivity index (χ0n) is 13.2. The van der Waals surface area contributed by atoms with Crippen LogP contribution in [0.1, 0.15) is 37.0 Å². The van der Waals surface area contributed by atoms with E-state index in [1.54, 1.807) is 26.0 Å². The lowest BCUT2D eigenvalue weighted by atomic mass is 10.0. The van der Waals surface area contributed by atoms with Crippen LogP contribution in [0.5, 0.6) is 0 Å². The van der Waals surface area contributed by atoms with Crippen LogP contribution in [0.2, 0.25) is 0 Å². The first-order valence-electron chi connectivity index (χ1n) is 7.65. The molecule has 0 radical (unpaired) electrons. The number of hydrogen-bond acceptors (Lipinski definition) is 4. The molecule has 1 N–H and O–H groups in total. The molecule has 7 heteroatoms. The number of carbonyl (C=O) groups excluding carboxylic acids is 1. The summed E-state index contributed by atoms with van der Waals surface area (Å²) in [6, 6.07) is 5.68. The van der Waals surface area contributed by atoms with E-state index in [0.29, 0.717) is 19.4 Å². The van der Waals surface area contributed by atoms with Crippen molar-refractivity contribution >= 4 is 21.7 Å². The molecule has 23 heavy (non-hydrogen) atoms. The molecule has 0 spiro atoms. The Balaban J connectivity index is 2.37. The Bertz CT molecular complexity index is 713. The first-order chi connectivity index (χ1) is 10.8. The van der Waals surface area contributed by atoms with Gasteiger partial charge in [0.1, 0.15) is 0 Å². The number of carboxylic acid groups (broad SMARTS) is 1. The Hall–Kier alpha value is -1.89. The quantitative estimate of drug-likeness (QED) is 0.883. The zero-order chi connectivity index (χ0) is 17.2. The van der Waals surface area contributed by atoms with Gasteiger partial charge in [-0.1, -0.05) is 19.1 Å². The highest BCUT2D eigenvalue weighted by atomic mass is 32.2. The molecular weight excluding hydrogens is 318 g/mol. The van der Waals surface area contributed by atoms with E-state index in [4.69, 9.17) is 0 Å². The SMILES string of the molecule is CCCS(=O)(=O)c1ccccc1C(=O)N1CCC(C(=O)O)C1C.